The molecule has 0 aliphatic heterocycles. The molecule has 0 spiro atoms. The molecule has 118 valence electrons. The molecule has 0 bridgehead atoms. The Bertz CT molecular complexity index is 799. The molecule has 6 nitrogen and oxygen atoms in total. The van der Waals surface area contributed by atoms with E-state index in [1.165, 1.54) is 4.68 Å². The van der Waals surface area contributed by atoms with E-state index >= 15 is 0 Å². The molecule has 0 aliphatic carbocycles. The molecule has 0 saturated heterocycles. The van der Waals surface area contributed by atoms with E-state index < -0.39 is 15.9 Å². The molecule has 2 aromatic rings. The van der Waals surface area contributed by atoms with Gasteiger partial charge in [0.05, 0.1) is 11.4 Å². The van der Waals surface area contributed by atoms with E-state index in [1.54, 1.807) is 37.3 Å². The zero-order valence-corrected chi connectivity index (χ0v) is 13.8. The number of nitrogens with zero attached hydrogens (tertiary/aromatic N) is 2. The van der Waals surface area contributed by atoms with Gasteiger partial charge in [0.2, 0.25) is 10.0 Å². The Morgan fingerprint density at radius 1 is 1.36 bits per heavy atom. The van der Waals surface area contributed by atoms with Gasteiger partial charge in [-0.1, -0.05) is 29.8 Å². The molecule has 0 atom stereocenters. The summed E-state index contributed by atoms with van der Waals surface area (Å²) >= 11 is 5.94. The predicted octanol–water partition coefficient (Wildman–Crippen LogP) is 2.12. The van der Waals surface area contributed by atoms with Crippen LogP contribution in [0.15, 0.2) is 30.3 Å². The lowest BCUT2D eigenvalue weighted by Crippen LogP contribution is -2.33. The molecule has 0 unspecified atom stereocenters. The summed E-state index contributed by atoms with van der Waals surface area (Å²) in [6, 6.07) is 8.15. The lowest BCUT2D eigenvalue weighted by atomic mass is 10.2. The van der Waals surface area contributed by atoms with Gasteiger partial charge in [0.15, 0.2) is 0 Å². The summed E-state index contributed by atoms with van der Waals surface area (Å²) in [5, 5.41) is 4.46. The number of amides is 1. The fraction of sp³-hybridized carbons (Fsp3) is 0.286. The molecule has 1 heterocycles. The second kappa shape index (κ2) is 6.50. The van der Waals surface area contributed by atoms with Gasteiger partial charge in [-0.2, -0.15) is 5.10 Å². The minimum Gasteiger partial charge on any atom is -0.266 e. The number of benzene rings is 1. The Hall–Kier alpha value is -1.86. The molecule has 1 aromatic heterocycles. The van der Waals surface area contributed by atoms with Crippen molar-refractivity contribution < 1.29 is 13.2 Å². The second-order valence-corrected chi connectivity index (χ2v) is 6.90. The average molecular weight is 342 g/mol. The first-order valence-electron chi connectivity index (χ1n) is 6.65. The molecule has 1 aromatic carbocycles. The van der Waals surface area contributed by atoms with Crippen LogP contribution >= 0.6 is 11.6 Å². The maximum Gasteiger partial charge on any atom is 0.283 e. The highest BCUT2D eigenvalue weighted by Crippen LogP contribution is 2.17. The number of carbonyl (C=O) groups excluding carboxylic acids is 1. The van der Waals surface area contributed by atoms with Crippen LogP contribution in [-0.2, 0) is 22.3 Å². The number of carbonyl (C=O) groups is 1. The lowest BCUT2D eigenvalue weighted by Gasteiger charge is -2.09. The second-order valence-electron chi connectivity index (χ2n) is 4.77. The van der Waals surface area contributed by atoms with Crippen molar-refractivity contribution in [3.63, 3.8) is 0 Å². The van der Waals surface area contributed by atoms with Gasteiger partial charge < -0.3 is 0 Å². The summed E-state index contributed by atoms with van der Waals surface area (Å²) in [4.78, 5) is 12.1. The first-order valence-corrected chi connectivity index (χ1v) is 8.68. The van der Waals surface area contributed by atoms with Crippen molar-refractivity contribution in [1.82, 2.24) is 14.5 Å². The van der Waals surface area contributed by atoms with Crippen LogP contribution in [0.4, 0.5) is 0 Å². The van der Waals surface area contributed by atoms with E-state index in [2.05, 4.69) is 9.82 Å². The summed E-state index contributed by atoms with van der Waals surface area (Å²) in [6.07, 6.45) is 0. The highest BCUT2D eigenvalue weighted by molar-refractivity contribution is 7.89. The largest absolute Gasteiger partial charge is 0.283 e. The van der Waals surface area contributed by atoms with E-state index in [4.69, 9.17) is 11.6 Å². The van der Waals surface area contributed by atoms with E-state index in [1.807, 2.05) is 6.92 Å². The molecule has 0 saturated carbocycles. The Morgan fingerprint density at radius 3 is 2.68 bits per heavy atom. The standard InChI is InChI=1S/C14H16ClN3O3S/c1-3-18-13(8-10(2)16-18)14(19)17-22(20,21)9-11-6-4-5-7-12(11)15/h4-8H,3,9H2,1-2H3,(H,17,19). The van der Waals surface area contributed by atoms with Crippen LogP contribution in [0.2, 0.25) is 5.02 Å². The van der Waals surface area contributed by atoms with Crippen molar-refractivity contribution in [3.8, 4) is 0 Å². The van der Waals surface area contributed by atoms with Crippen molar-refractivity contribution in [3.05, 3.63) is 52.3 Å². The lowest BCUT2D eigenvalue weighted by molar-refractivity contribution is 0.0971. The molecule has 0 radical (unpaired) electrons. The number of hydrogen-bond acceptors (Lipinski definition) is 4. The highest BCUT2D eigenvalue weighted by Gasteiger charge is 2.21. The fourth-order valence-electron chi connectivity index (χ4n) is 2.02. The zero-order chi connectivity index (χ0) is 16.3. The number of aromatic nitrogens is 2. The minimum atomic E-state index is -3.85. The van der Waals surface area contributed by atoms with Crippen molar-refractivity contribution in [2.45, 2.75) is 26.1 Å². The van der Waals surface area contributed by atoms with E-state index in [0.29, 0.717) is 22.8 Å². The molecular weight excluding hydrogens is 326 g/mol. The summed E-state index contributed by atoms with van der Waals surface area (Å²) in [6.45, 7) is 4.03. The highest BCUT2D eigenvalue weighted by atomic mass is 35.5. The van der Waals surface area contributed by atoms with E-state index in [-0.39, 0.29) is 11.4 Å². The number of rotatable bonds is 5. The van der Waals surface area contributed by atoms with Gasteiger partial charge in [0.25, 0.3) is 5.91 Å². The van der Waals surface area contributed by atoms with Gasteiger partial charge in [-0.25, -0.2) is 13.1 Å². The van der Waals surface area contributed by atoms with Crippen LogP contribution in [-0.4, -0.2) is 24.1 Å². The van der Waals surface area contributed by atoms with Crippen molar-refractivity contribution in [2.75, 3.05) is 0 Å². The first kappa shape index (κ1) is 16.5. The minimum absolute atomic E-state index is 0.211. The van der Waals surface area contributed by atoms with Gasteiger partial charge in [0, 0.05) is 11.6 Å². The molecule has 0 fully saturated rings. The summed E-state index contributed by atoms with van der Waals surface area (Å²) < 4.78 is 27.7. The van der Waals surface area contributed by atoms with E-state index in [0.717, 1.165) is 0 Å². The number of sulfonamides is 1. The number of halogens is 1. The van der Waals surface area contributed by atoms with Crippen LogP contribution < -0.4 is 4.72 Å². The van der Waals surface area contributed by atoms with Gasteiger partial charge in [-0.05, 0) is 31.5 Å². The maximum atomic E-state index is 12.1. The molecule has 0 aliphatic rings. The van der Waals surface area contributed by atoms with E-state index in [9.17, 15) is 13.2 Å². The normalized spacial score (nSPS) is 11.4. The summed E-state index contributed by atoms with van der Waals surface area (Å²) in [5.74, 6) is -1.06. The third-order valence-electron chi connectivity index (χ3n) is 2.99. The molecule has 22 heavy (non-hydrogen) atoms. The monoisotopic (exact) mass is 341 g/mol. The Kier molecular flexibility index (Phi) is 4.87. The van der Waals surface area contributed by atoms with Gasteiger partial charge in [-0.15, -0.1) is 0 Å². The fourth-order valence-corrected chi connectivity index (χ4v) is 3.42. The van der Waals surface area contributed by atoms with Crippen LogP contribution in [0.3, 0.4) is 0 Å². The van der Waals surface area contributed by atoms with Crippen molar-refractivity contribution in [1.29, 1.82) is 0 Å². The number of aryl methyl sites for hydroxylation is 2. The first-order chi connectivity index (χ1) is 10.3. The third-order valence-corrected chi connectivity index (χ3v) is 4.54. The number of hydrogen-bond donors (Lipinski definition) is 1. The average Bonchev–Trinajstić information content (AvgIpc) is 2.82. The van der Waals surface area contributed by atoms with Gasteiger partial charge in [-0.3, -0.25) is 9.48 Å². The van der Waals surface area contributed by atoms with Gasteiger partial charge in [0.1, 0.15) is 5.69 Å². The van der Waals surface area contributed by atoms with Crippen molar-refractivity contribution >= 4 is 27.5 Å². The van der Waals surface area contributed by atoms with Gasteiger partial charge >= 0.3 is 0 Å². The van der Waals surface area contributed by atoms with Crippen LogP contribution in [0.25, 0.3) is 0 Å². The topological polar surface area (TPSA) is 81.1 Å². The van der Waals surface area contributed by atoms with Crippen LogP contribution in [0.1, 0.15) is 28.7 Å². The summed E-state index contributed by atoms with van der Waals surface area (Å²) in [7, 11) is -3.85. The van der Waals surface area contributed by atoms with Crippen LogP contribution in [0.5, 0.6) is 0 Å². The Labute approximate surface area is 134 Å². The molecule has 2 rings (SSSR count). The Morgan fingerprint density at radius 2 is 2.05 bits per heavy atom. The molecular formula is C14H16ClN3O3S. The zero-order valence-electron chi connectivity index (χ0n) is 12.2. The third kappa shape index (κ3) is 3.86. The SMILES string of the molecule is CCn1nc(C)cc1C(=O)NS(=O)(=O)Cc1ccccc1Cl. The van der Waals surface area contributed by atoms with Crippen LogP contribution in [0, 0.1) is 6.92 Å². The molecule has 1 N–H and O–H groups in total. The summed E-state index contributed by atoms with van der Waals surface area (Å²) in [5.41, 5.74) is 1.29. The smallest absolute Gasteiger partial charge is 0.266 e. The van der Waals surface area contributed by atoms with Crippen molar-refractivity contribution in [2.24, 2.45) is 0 Å². The molecule has 8 heteroatoms. The maximum absolute atomic E-state index is 12.1. The predicted molar refractivity (Wildman–Crippen MR) is 84.2 cm³/mol. The molecule has 1 amide bonds. The number of nitrogens with one attached hydrogen (secondary N) is 1. The quantitative estimate of drug-likeness (QED) is 0.903. The Balaban J connectivity index is 2.18.